The van der Waals surface area contributed by atoms with Crippen molar-refractivity contribution in [3.05, 3.63) is 0 Å². The minimum atomic E-state index is -0.345. The van der Waals surface area contributed by atoms with Crippen LogP contribution >= 0.6 is 0 Å². The standard InChI is InChI=1S/C25H46N2O5/c1-17(2)32-27-24(7,8)15-19(16-25(27,9)10)31-21(29)12-11-20(28)30-18-13-22(3,4)26-23(5,6)14-18/h17-19,26H,11-16H2,1-10H3. The minimum absolute atomic E-state index is 0.0418. The lowest BCUT2D eigenvalue weighted by atomic mass is 9.80. The average Bonchev–Trinajstić information content (AvgIpc) is 2.52. The van der Waals surface area contributed by atoms with E-state index in [4.69, 9.17) is 14.3 Å². The molecule has 0 atom stereocenters. The van der Waals surface area contributed by atoms with Crippen molar-refractivity contribution in [3.63, 3.8) is 0 Å². The number of carbonyl (C=O) groups excluding carboxylic acids is 2. The molecular formula is C25H46N2O5. The Kier molecular flexibility index (Phi) is 8.11. The maximum Gasteiger partial charge on any atom is 0.306 e. The topological polar surface area (TPSA) is 77.1 Å². The van der Waals surface area contributed by atoms with Crippen molar-refractivity contribution >= 4 is 11.9 Å². The van der Waals surface area contributed by atoms with Gasteiger partial charge in [-0.2, -0.15) is 5.06 Å². The van der Waals surface area contributed by atoms with Crippen LogP contribution in [0.15, 0.2) is 0 Å². The number of esters is 2. The molecule has 0 aromatic heterocycles. The van der Waals surface area contributed by atoms with Gasteiger partial charge in [-0.15, -0.1) is 0 Å². The van der Waals surface area contributed by atoms with Crippen LogP contribution in [0, 0.1) is 0 Å². The van der Waals surface area contributed by atoms with Gasteiger partial charge in [0.15, 0.2) is 0 Å². The quantitative estimate of drug-likeness (QED) is 0.567. The zero-order valence-corrected chi connectivity index (χ0v) is 22.0. The summed E-state index contributed by atoms with van der Waals surface area (Å²) >= 11 is 0. The maximum atomic E-state index is 12.5. The minimum Gasteiger partial charge on any atom is -0.462 e. The van der Waals surface area contributed by atoms with Crippen LogP contribution in [-0.2, 0) is 23.9 Å². The third kappa shape index (κ3) is 7.70. The van der Waals surface area contributed by atoms with Crippen molar-refractivity contribution in [3.8, 4) is 0 Å². The SMILES string of the molecule is CC(C)ON1C(C)(C)CC(OC(=O)CCC(=O)OC2CC(C)(C)NC(C)(C)C2)CC1(C)C. The molecule has 7 nitrogen and oxygen atoms in total. The Bertz CT molecular complexity index is 650. The number of carbonyl (C=O) groups is 2. The number of nitrogens with one attached hydrogen (secondary N) is 1. The highest BCUT2D eigenvalue weighted by atomic mass is 16.7. The number of ether oxygens (including phenoxy) is 2. The second kappa shape index (κ2) is 9.59. The molecule has 2 rings (SSSR count). The predicted octanol–water partition coefficient (Wildman–Crippen LogP) is 4.52. The van der Waals surface area contributed by atoms with Crippen LogP contribution in [0.5, 0.6) is 0 Å². The summed E-state index contributed by atoms with van der Waals surface area (Å²) in [7, 11) is 0. The van der Waals surface area contributed by atoms with Gasteiger partial charge in [-0.1, -0.05) is 0 Å². The summed E-state index contributed by atoms with van der Waals surface area (Å²) in [4.78, 5) is 31.0. The molecule has 2 fully saturated rings. The molecule has 186 valence electrons. The zero-order chi connectivity index (χ0) is 24.5. The molecule has 0 radical (unpaired) electrons. The fourth-order valence-electron chi connectivity index (χ4n) is 5.76. The first-order chi connectivity index (χ1) is 14.4. The second-order valence-corrected chi connectivity index (χ2v) is 12.5. The first-order valence-corrected chi connectivity index (χ1v) is 12.1. The van der Waals surface area contributed by atoms with Gasteiger partial charge in [0.1, 0.15) is 12.2 Å². The second-order valence-electron chi connectivity index (χ2n) is 12.5. The number of rotatable bonds is 7. The van der Waals surface area contributed by atoms with Crippen molar-refractivity contribution in [2.24, 2.45) is 0 Å². The molecule has 0 aliphatic carbocycles. The number of hydroxylamine groups is 2. The lowest BCUT2D eigenvalue weighted by Gasteiger charge is -2.53. The summed E-state index contributed by atoms with van der Waals surface area (Å²) in [5, 5.41) is 5.63. The van der Waals surface area contributed by atoms with E-state index in [9.17, 15) is 9.59 Å². The molecule has 0 amide bonds. The van der Waals surface area contributed by atoms with E-state index >= 15 is 0 Å². The molecule has 0 aromatic rings. The predicted molar refractivity (Wildman–Crippen MR) is 125 cm³/mol. The summed E-state index contributed by atoms with van der Waals surface area (Å²) in [5.74, 6) is -0.677. The van der Waals surface area contributed by atoms with Crippen LogP contribution in [0.2, 0.25) is 0 Å². The Hall–Kier alpha value is -1.18. The van der Waals surface area contributed by atoms with E-state index in [0.717, 1.165) is 12.8 Å². The van der Waals surface area contributed by atoms with Crippen LogP contribution in [0.25, 0.3) is 0 Å². The van der Waals surface area contributed by atoms with Gasteiger partial charge in [0, 0.05) is 47.8 Å². The molecule has 0 aromatic carbocycles. The molecule has 2 aliphatic rings. The highest BCUT2D eigenvalue weighted by Gasteiger charge is 2.48. The van der Waals surface area contributed by atoms with Gasteiger partial charge >= 0.3 is 11.9 Å². The molecule has 7 heteroatoms. The average molecular weight is 455 g/mol. The third-order valence-electron chi connectivity index (χ3n) is 6.15. The first kappa shape index (κ1) is 27.1. The van der Waals surface area contributed by atoms with E-state index in [-0.39, 0.29) is 65.2 Å². The third-order valence-corrected chi connectivity index (χ3v) is 6.15. The Morgan fingerprint density at radius 2 is 1.16 bits per heavy atom. The molecule has 0 spiro atoms. The molecular weight excluding hydrogens is 408 g/mol. The largest absolute Gasteiger partial charge is 0.462 e. The summed E-state index contributed by atoms with van der Waals surface area (Å²) in [6, 6.07) is 0. The smallest absolute Gasteiger partial charge is 0.306 e. The first-order valence-electron chi connectivity index (χ1n) is 12.1. The Morgan fingerprint density at radius 1 is 0.781 bits per heavy atom. The van der Waals surface area contributed by atoms with Gasteiger partial charge in [-0.3, -0.25) is 14.4 Å². The highest BCUT2D eigenvalue weighted by Crippen LogP contribution is 2.40. The lowest BCUT2D eigenvalue weighted by Crippen LogP contribution is -2.62. The summed E-state index contributed by atoms with van der Waals surface area (Å²) in [6.45, 7) is 20.9. The van der Waals surface area contributed by atoms with Crippen molar-refractivity contribution in [2.75, 3.05) is 0 Å². The van der Waals surface area contributed by atoms with Gasteiger partial charge in [0.2, 0.25) is 0 Å². The van der Waals surface area contributed by atoms with E-state index in [0.29, 0.717) is 12.8 Å². The maximum absolute atomic E-state index is 12.5. The number of hydrogen-bond donors (Lipinski definition) is 1. The summed E-state index contributed by atoms with van der Waals surface area (Å²) in [5.41, 5.74) is -0.742. The van der Waals surface area contributed by atoms with Crippen LogP contribution in [0.4, 0.5) is 0 Å². The molecule has 0 bridgehead atoms. The van der Waals surface area contributed by atoms with E-state index in [2.05, 4.69) is 60.7 Å². The number of hydrogen-bond acceptors (Lipinski definition) is 7. The highest BCUT2D eigenvalue weighted by molar-refractivity contribution is 5.77. The molecule has 2 aliphatic heterocycles. The summed E-state index contributed by atoms with van der Waals surface area (Å²) < 4.78 is 11.5. The van der Waals surface area contributed by atoms with Crippen LogP contribution in [0.3, 0.4) is 0 Å². The summed E-state index contributed by atoms with van der Waals surface area (Å²) in [6.07, 6.45) is 2.69. The van der Waals surface area contributed by atoms with Gasteiger partial charge in [0.05, 0.1) is 18.9 Å². The van der Waals surface area contributed by atoms with E-state index in [1.54, 1.807) is 0 Å². The van der Waals surface area contributed by atoms with Gasteiger partial charge in [-0.25, -0.2) is 0 Å². The van der Waals surface area contributed by atoms with Gasteiger partial charge in [-0.05, 0) is 69.2 Å². The molecule has 2 saturated heterocycles. The molecule has 2 heterocycles. The zero-order valence-electron chi connectivity index (χ0n) is 22.0. The van der Waals surface area contributed by atoms with Crippen LogP contribution in [0.1, 0.15) is 108 Å². The molecule has 1 N–H and O–H groups in total. The lowest BCUT2D eigenvalue weighted by molar-refractivity contribution is -0.309. The van der Waals surface area contributed by atoms with Crippen molar-refractivity contribution in [1.29, 1.82) is 0 Å². The van der Waals surface area contributed by atoms with Crippen molar-refractivity contribution in [1.82, 2.24) is 10.4 Å². The monoisotopic (exact) mass is 454 g/mol. The molecule has 0 saturated carbocycles. The van der Waals surface area contributed by atoms with Gasteiger partial charge < -0.3 is 14.8 Å². The van der Waals surface area contributed by atoms with E-state index in [1.165, 1.54) is 0 Å². The Labute approximate surface area is 194 Å². The Balaban J connectivity index is 1.85. The molecule has 0 unspecified atom stereocenters. The van der Waals surface area contributed by atoms with E-state index in [1.807, 2.05) is 18.9 Å². The number of nitrogens with zero attached hydrogens (tertiary/aromatic N) is 1. The fraction of sp³-hybridized carbons (Fsp3) is 0.920. The van der Waals surface area contributed by atoms with Crippen LogP contribution < -0.4 is 5.32 Å². The van der Waals surface area contributed by atoms with Crippen LogP contribution in [-0.4, -0.2) is 57.5 Å². The van der Waals surface area contributed by atoms with Crippen molar-refractivity contribution in [2.45, 2.75) is 148 Å². The Morgan fingerprint density at radius 3 is 1.53 bits per heavy atom. The number of piperidine rings is 2. The van der Waals surface area contributed by atoms with Crippen molar-refractivity contribution < 1.29 is 23.9 Å². The molecule has 32 heavy (non-hydrogen) atoms. The van der Waals surface area contributed by atoms with Gasteiger partial charge in [0.25, 0.3) is 0 Å². The fourth-order valence-corrected chi connectivity index (χ4v) is 5.76. The normalized spacial score (nSPS) is 25.5. The van der Waals surface area contributed by atoms with E-state index < -0.39 is 0 Å².